The van der Waals surface area contributed by atoms with Gasteiger partial charge in [0.2, 0.25) is 0 Å². The topological polar surface area (TPSA) is 70.9 Å². The second-order valence-electron chi connectivity index (χ2n) is 5.84. The fraction of sp³-hybridized carbons (Fsp3) is 0.300. The van der Waals surface area contributed by atoms with Gasteiger partial charge in [0.1, 0.15) is 11.5 Å². The molecule has 2 aromatic carbocycles. The van der Waals surface area contributed by atoms with E-state index in [0.717, 1.165) is 18.6 Å². The summed E-state index contributed by atoms with van der Waals surface area (Å²) in [6.07, 6.45) is 5.95. The second-order valence-corrected chi connectivity index (χ2v) is 6.27. The van der Waals surface area contributed by atoms with Gasteiger partial charge in [-0.1, -0.05) is 37.8 Å². The monoisotopic (exact) mass is 374 g/mol. The number of rotatable bonds is 9. The molecule has 0 saturated heterocycles. The van der Waals surface area contributed by atoms with Gasteiger partial charge < -0.3 is 9.84 Å². The van der Waals surface area contributed by atoms with Crippen molar-refractivity contribution in [3.63, 3.8) is 0 Å². The van der Waals surface area contributed by atoms with Gasteiger partial charge in [-0.3, -0.25) is 4.79 Å². The van der Waals surface area contributed by atoms with E-state index in [-0.39, 0.29) is 11.7 Å². The lowest BCUT2D eigenvalue weighted by Gasteiger charge is -2.06. The minimum absolute atomic E-state index is 0.0350. The molecule has 2 rings (SSSR count). The number of aromatic hydroxyl groups is 1. The molecule has 0 unspecified atom stereocenters. The molecule has 0 atom stereocenters. The highest BCUT2D eigenvalue weighted by molar-refractivity contribution is 6.30. The number of nitrogens with one attached hydrogen (secondary N) is 1. The fourth-order valence-electron chi connectivity index (χ4n) is 2.28. The SMILES string of the molecule is CCCCCCOc1ccc(C(=O)N/N=C/c2cc(Cl)ccc2O)cc1. The number of phenols is 1. The zero-order valence-electron chi connectivity index (χ0n) is 14.7. The molecule has 2 N–H and O–H groups in total. The van der Waals surface area contributed by atoms with E-state index in [4.69, 9.17) is 16.3 Å². The van der Waals surface area contributed by atoms with Crippen LogP contribution in [0.4, 0.5) is 0 Å². The number of nitrogens with zero attached hydrogens (tertiary/aromatic N) is 1. The fourth-order valence-corrected chi connectivity index (χ4v) is 2.46. The molecule has 6 heteroatoms. The lowest BCUT2D eigenvalue weighted by atomic mass is 10.2. The summed E-state index contributed by atoms with van der Waals surface area (Å²) < 4.78 is 5.65. The first kappa shape index (κ1) is 19.8. The Morgan fingerprint density at radius 3 is 2.69 bits per heavy atom. The highest BCUT2D eigenvalue weighted by Gasteiger charge is 2.05. The van der Waals surface area contributed by atoms with E-state index in [1.807, 2.05) is 0 Å². The number of carbonyl (C=O) groups excluding carboxylic acids is 1. The molecule has 0 spiro atoms. The summed E-state index contributed by atoms with van der Waals surface area (Å²) in [5, 5.41) is 14.0. The number of hydrogen-bond acceptors (Lipinski definition) is 4. The van der Waals surface area contributed by atoms with Crippen molar-refractivity contribution < 1.29 is 14.6 Å². The van der Waals surface area contributed by atoms with Crippen molar-refractivity contribution in [2.24, 2.45) is 5.10 Å². The van der Waals surface area contributed by atoms with E-state index >= 15 is 0 Å². The average Bonchev–Trinajstić information content (AvgIpc) is 2.65. The largest absolute Gasteiger partial charge is 0.507 e. The molecule has 0 aliphatic heterocycles. The minimum atomic E-state index is -0.350. The Balaban J connectivity index is 1.83. The van der Waals surface area contributed by atoms with Crippen molar-refractivity contribution in [3.8, 4) is 11.5 Å². The molecule has 0 saturated carbocycles. The second kappa shape index (κ2) is 10.5. The number of halogens is 1. The van der Waals surface area contributed by atoms with Gasteiger partial charge in [0, 0.05) is 16.1 Å². The Bertz CT molecular complexity index is 745. The zero-order chi connectivity index (χ0) is 18.8. The van der Waals surface area contributed by atoms with Crippen LogP contribution in [-0.2, 0) is 0 Å². The van der Waals surface area contributed by atoms with E-state index in [0.29, 0.717) is 22.8 Å². The van der Waals surface area contributed by atoms with Crippen LogP contribution in [0.25, 0.3) is 0 Å². The molecule has 0 radical (unpaired) electrons. The standard InChI is InChI=1S/C20H23ClN2O3/c1-2-3-4-5-12-26-18-9-6-15(7-10-18)20(25)23-22-14-16-13-17(21)8-11-19(16)24/h6-11,13-14,24H,2-5,12H2,1H3,(H,23,25)/b22-14+. The van der Waals surface area contributed by atoms with E-state index in [1.165, 1.54) is 25.1 Å². The summed E-state index contributed by atoms with van der Waals surface area (Å²) in [6.45, 7) is 2.85. The third-order valence-corrected chi connectivity index (χ3v) is 3.98. The van der Waals surface area contributed by atoms with E-state index < -0.39 is 0 Å². The molecular weight excluding hydrogens is 352 g/mol. The third-order valence-electron chi connectivity index (χ3n) is 3.74. The van der Waals surface area contributed by atoms with Crippen molar-refractivity contribution in [2.75, 3.05) is 6.61 Å². The first-order chi connectivity index (χ1) is 12.6. The van der Waals surface area contributed by atoms with Crippen LogP contribution in [0.2, 0.25) is 5.02 Å². The lowest BCUT2D eigenvalue weighted by Crippen LogP contribution is -2.17. The third kappa shape index (κ3) is 6.41. The number of hydrogen-bond donors (Lipinski definition) is 2. The number of phenolic OH excluding ortho intramolecular Hbond substituents is 1. The number of amides is 1. The van der Waals surface area contributed by atoms with Crippen LogP contribution >= 0.6 is 11.6 Å². The predicted molar refractivity (Wildman–Crippen MR) is 104 cm³/mol. The van der Waals surface area contributed by atoms with Crippen LogP contribution in [0, 0.1) is 0 Å². The van der Waals surface area contributed by atoms with Gasteiger partial charge in [-0.2, -0.15) is 5.10 Å². The van der Waals surface area contributed by atoms with Crippen LogP contribution < -0.4 is 10.2 Å². The molecule has 26 heavy (non-hydrogen) atoms. The van der Waals surface area contributed by atoms with Gasteiger partial charge in [0.05, 0.1) is 12.8 Å². The van der Waals surface area contributed by atoms with Crippen molar-refractivity contribution in [3.05, 3.63) is 58.6 Å². The first-order valence-corrected chi connectivity index (χ1v) is 9.02. The van der Waals surface area contributed by atoms with Gasteiger partial charge >= 0.3 is 0 Å². The zero-order valence-corrected chi connectivity index (χ0v) is 15.5. The molecule has 2 aromatic rings. The Labute approximate surface area is 158 Å². The molecular formula is C20H23ClN2O3. The molecule has 5 nitrogen and oxygen atoms in total. The molecule has 0 heterocycles. The first-order valence-electron chi connectivity index (χ1n) is 8.65. The van der Waals surface area contributed by atoms with Crippen molar-refractivity contribution in [1.29, 1.82) is 0 Å². The quantitative estimate of drug-likeness (QED) is 0.377. The van der Waals surface area contributed by atoms with E-state index in [9.17, 15) is 9.90 Å². The number of ether oxygens (including phenoxy) is 1. The normalized spacial score (nSPS) is 10.8. The molecule has 0 aliphatic rings. The van der Waals surface area contributed by atoms with E-state index in [2.05, 4.69) is 17.5 Å². The summed E-state index contributed by atoms with van der Waals surface area (Å²) in [5.74, 6) is 0.426. The van der Waals surface area contributed by atoms with Crippen LogP contribution in [0.3, 0.4) is 0 Å². The summed E-state index contributed by atoms with van der Waals surface area (Å²) in [7, 11) is 0. The molecule has 1 amide bonds. The van der Waals surface area contributed by atoms with Crippen molar-refractivity contribution in [2.45, 2.75) is 32.6 Å². The van der Waals surface area contributed by atoms with Gasteiger partial charge in [-0.05, 0) is 48.9 Å². The maximum Gasteiger partial charge on any atom is 0.271 e. The Hall–Kier alpha value is -2.53. The van der Waals surface area contributed by atoms with Crippen LogP contribution in [0.5, 0.6) is 11.5 Å². The Morgan fingerprint density at radius 2 is 1.96 bits per heavy atom. The van der Waals surface area contributed by atoms with Crippen LogP contribution in [0.15, 0.2) is 47.6 Å². The minimum Gasteiger partial charge on any atom is -0.507 e. The number of benzene rings is 2. The van der Waals surface area contributed by atoms with Gasteiger partial charge in [-0.15, -0.1) is 0 Å². The van der Waals surface area contributed by atoms with Crippen LogP contribution in [0.1, 0.15) is 48.5 Å². The lowest BCUT2D eigenvalue weighted by molar-refractivity contribution is 0.0955. The van der Waals surface area contributed by atoms with Crippen LogP contribution in [-0.4, -0.2) is 23.8 Å². The summed E-state index contributed by atoms with van der Waals surface area (Å²) in [4.78, 5) is 12.1. The smallest absolute Gasteiger partial charge is 0.271 e. The van der Waals surface area contributed by atoms with Gasteiger partial charge in [0.25, 0.3) is 5.91 Å². The molecule has 0 aliphatic carbocycles. The van der Waals surface area contributed by atoms with Crippen molar-refractivity contribution in [1.82, 2.24) is 5.43 Å². The highest BCUT2D eigenvalue weighted by Crippen LogP contribution is 2.19. The van der Waals surface area contributed by atoms with E-state index in [1.54, 1.807) is 36.4 Å². The molecule has 0 bridgehead atoms. The maximum atomic E-state index is 12.1. The number of carbonyl (C=O) groups is 1. The van der Waals surface area contributed by atoms with Crippen molar-refractivity contribution >= 4 is 23.7 Å². The average molecular weight is 375 g/mol. The molecule has 0 aromatic heterocycles. The predicted octanol–water partition coefficient (Wildman–Crippen LogP) is 4.77. The summed E-state index contributed by atoms with van der Waals surface area (Å²) in [5.41, 5.74) is 3.30. The number of unbranched alkanes of at least 4 members (excludes halogenated alkanes) is 3. The summed E-state index contributed by atoms with van der Waals surface area (Å²) in [6, 6.07) is 11.5. The molecule has 138 valence electrons. The maximum absolute atomic E-state index is 12.1. The number of hydrazone groups is 1. The Kier molecular flexibility index (Phi) is 7.96. The van der Waals surface area contributed by atoms with Gasteiger partial charge in [-0.25, -0.2) is 5.43 Å². The highest BCUT2D eigenvalue weighted by atomic mass is 35.5. The molecule has 0 fully saturated rings. The summed E-state index contributed by atoms with van der Waals surface area (Å²) >= 11 is 5.86. The Morgan fingerprint density at radius 1 is 1.19 bits per heavy atom. The van der Waals surface area contributed by atoms with Gasteiger partial charge in [0.15, 0.2) is 0 Å².